The molecule has 1 aliphatic rings. The van der Waals surface area contributed by atoms with Gasteiger partial charge in [-0.05, 0) is 34.1 Å². The maximum absolute atomic E-state index is 14.0. The molecule has 3 aromatic rings. The van der Waals surface area contributed by atoms with Gasteiger partial charge >= 0.3 is 6.09 Å². The molecule has 0 aromatic heterocycles. The van der Waals surface area contributed by atoms with Crippen molar-refractivity contribution in [2.45, 2.75) is 64.9 Å². The smallest absolute Gasteiger partial charge is 0.409 e. The monoisotopic (exact) mass is 661 g/mol. The fraction of sp³-hybridized carbons (Fsp3) is 0.417. The minimum Gasteiger partial charge on any atom is -0.507 e. The number of halogens is 1. The molecular weight excluding hydrogens is 618 g/mol. The molecule has 0 saturated carbocycles. The van der Waals surface area contributed by atoms with Crippen LogP contribution in [0, 0.1) is 5.92 Å². The first-order valence-corrected chi connectivity index (χ1v) is 15.7. The number of phenolic OH excluding ortho intramolecular Hbond substituents is 1. The molecule has 0 aliphatic carbocycles. The summed E-state index contributed by atoms with van der Waals surface area (Å²) in [6, 6.07) is 23.3. The number of phenols is 1. The fourth-order valence-corrected chi connectivity index (χ4v) is 6.29. The van der Waals surface area contributed by atoms with Crippen LogP contribution in [-0.4, -0.2) is 59.3 Å². The predicted octanol–water partition coefficient (Wildman–Crippen LogP) is 7.86. The number of carbonyl (C=O) groups is 2. The number of nitrogens with zero attached hydrogens (tertiary/aromatic N) is 3. The maximum atomic E-state index is 14.0. The van der Waals surface area contributed by atoms with Crippen LogP contribution in [0.1, 0.15) is 80.1 Å². The molecule has 3 aromatic carbocycles. The van der Waals surface area contributed by atoms with Gasteiger partial charge in [-0.15, -0.1) is 0 Å². The number of ketones is 1. The Bertz CT molecular complexity index is 1460. The molecule has 1 amide bonds. The highest BCUT2D eigenvalue weighted by atomic mass is 79.9. The van der Waals surface area contributed by atoms with Crippen molar-refractivity contribution in [1.82, 2.24) is 9.80 Å². The molecule has 8 heteroatoms. The second-order valence-electron chi connectivity index (χ2n) is 13.7. The third-order valence-corrected chi connectivity index (χ3v) is 8.54. The first kappa shape index (κ1) is 33.2. The summed E-state index contributed by atoms with van der Waals surface area (Å²) in [5.74, 6) is 0.759. The first-order valence-electron chi connectivity index (χ1n) is 15.0. The van der Waals surface area contributed by atoms with Crippen molar-refractivity contribution in [2.75, 3.05) is 26.7 Å². The van der Waals surface area contributed by atoms with Crippen LogP contribution in [-0.2, 0) is 22.2 Å². The van der Waals surface area contributed by atoms with E-state index in [2.05, 4.69) is 32.3 Å². The Morgan fingerprint density at radius 1 is 0.955 bits per heavy atom. The molecule has 1 heterocycles. The predicted molar refractivity (Wildman–Crippen MR) is 180 cm³/mol. The normalized spacial score (nSPS) is 18.0. The van der Waals surface area contributed by atoms with E-state index in [0.717, 1.165) is 28.1 Å². The zero-order valence-corrected chi connectivity index (χ0v) is 28.4. The van der Waals surface area contributed by atoms with E-state index in [9.17, 15) is 14.7 Å². The van der Waals surface area contributed by atoms with Crippen molar-refractivity contribution in [3.8, 4) is 5.75 Å². The third kappa shape index (κ3) is 7.70. The van der Waals surface area contributed by atoms with Crippen LogP contribution in [0.25, 0.3) is 0 Å². The molecule has 0 spiro atoms. The van der Waals surface area contributed by atoms with Crippen molar-refractivity contribution in [3.63, 3.8) is 0 Å². The minimum atomic E-state index is -0.402. The quantitative estimate of drug-likeness (QED) is 0.249. The molecule has 1 aliphatic heterocycles. The SMILES string of the molecule is CN(C[C@H]1CN(CC(=O)c2cc(C(C)(C)C)c(O)c(C(C)(C)C)c2)C(=NBr)[C@@H]1c1ccccc1)C(=O)OCc1ccccc1. The number of ether oxygens (including phenoxy) is 1. The van der Waals surface area contributed by atoms with E-state index in [-0.39, 0.29) is 47.4 Å². The van der Waals surface area contributed by atoms with Crippen LogP contribution in [0.3, 0.4) is 0 Å². The summed E-state index contributed by atoms with van der Waals surface area (Å²) in [5.41, 5.74) is 3.35. The van der Waals surface area contributed by atoms with Crippen molar-refractivity contribution in [3.05, 3.63) is 101 Å². The number of likely N-dealkylation sites (tertiary alicyclic amines) is 1. The molecule has 2 atom stereocenters. The first-order chi connectivity index (χ1) is 20.7. The van der Waals surface area contributed by atoms with Gasteiger partial charge in [-0.25, -0.2) is 4.79 Å². The number of carbonyl (C=O) groups excluding carboxylic acids is 2. The zero-order valence-electron chi connectivity index (χ0n) is 26.8. The number of benzene rings is 3. The topological polar surface area (TPSA) is 82.4 Å². The number of amides is 1. The lowest BCUT2D eigenvalue weighted by molar-refractivity contribution is 0.0940. The van der Waals surface area contributed by atoms with Crippen molar-refractivity contribution < 1.29 is 19.4 Å². The Hall–Kier alpha value is -3.65. The van der Waals surface area contributed by atoms with Crippen molar-refractivity contribution in [1.29, 1.82) is 0 Å². The lowest BCUT2D eigenvalue weighted by Gasteiger charge is -2.28. The van der Waals surface area contributed by atoms with E-state index in [1.807, 2.05) is 107 Å². The molecular formula is C36H44BrN3O4. The van der Waals surface area contributed by atoms with Crippen LogP contribution in [0.15, 0.2) is 76.8 Å². The molecule has 7 nitrogen and oxygen atoms in total. The summed E-state index contributed by atoms with van der Waals surface area (Å²) in [5, 5.41) is 11.2. The minimum absolute atomic E-state index is 0.0362. The molecule has 44 heavy (non-hydrogen) atoms. The molecule has 234 valence electrons. The van der Waals surface area contributed by atoms with E-state index in [1.165, 1.54) is 0 Å². The highest BCUT2D eigenvalue weighted by Crippen LogP contribution is 2.41. The lowest BCUT2D eigenvalue weighted by atomic mass is 9.78. The average Bonchev–Trinajstić information content (AvgIpc) is 3.31. The van der Waals surface area contributed by atoms with E-state index in [4.69, 9.17) is 4.74 Å². The van der Waals surface area contributed by atoms with Gasteiger partial charge in [0.2, 0.25) is 0 Å². The van der Waals surface area contributed by atoms with Crippen LogP contribution >= 0.6 is 16.1 Å². The van der Waals surface area contributed by atoms with Gasteiger partial charge in [0.1, 0.15) is 18.2 Å². The number of rotatable bonds is 8. The van der Waals surface area contributed by atoms with Crippen molar-refractivity contribution in [2.24, 2.45) is 9.94 Å². The highest BCUT2D eigenvalue weighted by Gasteiger charge is 2.41. The standard InChI is InChI=1S/C36H44BrN3O4/c1-35(2,3)28-18-26(19-29(32(28)42)36(4,5)6)30(41)22-40-21-27(31(33(40)38-37)25-16-12-9-13-17-25)20-39(7)34(43)44-23-24-14-10-8-11-15-24/h8-19,27,31,42H,20-23H2,1-7H3/t27-,31+/m0/s1. The molecule has 1 fully saturated rings. The van der Waals surface area contributed by atoms with Gasteiger partial charge in [-0.3, -0.25) is 4.79 Å². The number of aromatic hydroxyl groups is 1. The average molecular weight is 663 g/mol. The Kier molecular flexibility index (Phi) is 10.2. The summed E-state index contributed by atoms with van der Waals surface area (Å²) in [6.45, 7) is 13.5. The summed E-state index contributed by atoms with van der Waals surface area (Å²) < 4.78 is 10.1. The van der Waals surface area contributed by atoms with E-state index in [1.54, 1.807) is 11.9 Å². The fourth-order valence-electron chi connectivity index (χ4n) is 5.85. The van der Waals surface area contributed by atoms with Gasteiger partial charge in [-0.2, -0.15) is 4.02 Å². The molecule has 0 bridgehead atoms. The summed E-state index contributed by atoms with van der Waals surface area (Å²) in [4.78, 5) is 30.5. The van der Waals surface area contributed by atoms with Gasteiger partial charge in [0.15, 0.2) is 5.78 Å². The number of amidine groups is 1. The maximum Gasteiger partial charge on any atom is 0.409 e. The second-order valence-corrected chi connectivity index (χ2v) is 14.1. The molecule has 0 unspecified atom stereocenters. The van der Waals surface area contributed by atoms with E-state index < -0.39 is 6.09 Å². The number of Topliss-reactive ketones (excluding diaryl/α,β-unsaturated/α-hetero) is 1. The third-order valence-electron chi connectivity index (χ3n) is 8.18. The van der Waals surface area contributed by atoms with Gasteiger partial charge in [-0.1, -0.05) is 102 Å². The summed E-state index contributed by atoms with van der Waals surface area (Å²) in [7, 11) is 1.74. The highest BCUT2D eigenvalue weighted by molar-refractivity contribution is 9.08. The largest absolute Gasteiger partial charge is 0.507 e. The molecule has 0 radical (unpaired) electrons. The Labute approximate surface area is 270 Å². The van der Waals surface area contributed by atoms with E-state index in [0.29, 0.717) is 18.7 Å². The van der Waals surface area contributed by atoms with Crippen LogP contribution < -0.4 is 0 Å². The van der Waals surface area contributed by atoms with Crippen LogP contribution in [0.4, 0.5) is 4.79 Å². The molecule has 1 N–H and O–H groups in total. The Balaban J connectivity index is 1.60. The van der Waals surface area contributed by atoms with E-state index >= 15 is 0 Å². The van der Waals surface area contributed by atoms with Crippen molar-refractivity contribution >= 4 is 33.9 Å². The Morgan fingerprint density at radius 3 is 2.02 bits per heavy atom. The number of hydrogen-bond donors (Lipinski definition) is 1. The van der Waals surface area contributed by atoms with Gasteiger partial charge < -0.3 is 19.6 Å². The second kappa shape index (κ2) is 13.6. The van der Waals surface area contributed by atoms with Gasteiger partial charge in [0, 0.05) is 48.7 Å². The summed E-state index contributed by atoms with van der Waals surface area (Å²) >= 11 is 3.36. The Morgan fingerprint density at radius 2 is 1.50 bits per heavy atom. The van der Waals surface area contributed by atoms with Crippen LogP contribution in [0.5, 0.6) is 5.75 Å². The molecule has 4 rings (SSSR count). The van der Waals surface area contributed by atoms with Gasteiger partial charge in [0.05, 0.1) is 22.7 Å². The summed E-state index contributed by atoms with van der Waals surface area (Å²) in [6.07, 6.45) is -0.402. The molecule has 1 saturated heterocycles. The zero-order chi connectivity index (χ0) is 32.2. The van der Waals surface area contributed by atoms with Crippen LogP contribution in [0.2, 0.25) is 0 Å². The number of hydrogen-bond acceptors (Lipinski definition) is 5. The lowest BCUT2D eigenvalue weighted by Crippen LogP contribution is -2.35. The van der Waals surface area contributed by atoms with Gasteiger partial charge in [0.25, 0.3) is 0 Å².